The number of fused-ring (bicyclic) bond motifs is 1. The number of carbonyl (C=O) groups excluding carboxylic acids is 1. The number of carboxylic acid groups (broad SMARTS) is 1. The van der Waals surface area contributed by atoms with Crippen LogP contribution in [0.4, 0.5) is 0 Å². The van der Waals surface area contributed by atoms with Crippen LogP contribution in [0.15, 0.2) is 42.5 Å². The summed E-state index contributed by atoms with van der Waals surface area (Å²) in [6, 6.07) is 14.7. The number of carboxylic acids is 1. The highest BCUT2D eigenvalue weighted by Gasteiger charge is 2.24. The summed E-state index contributed by atoms with van der Waals surface area (Å²) in [5.74, 6) is -0.773. The largest absolute Gasteiger partial charge is 0.480 e. The highest BCUT2D eigenvalue weighted by atomic mass is 16.4. The fraction of sp³-hybridized carbons (Fsp3) is 0.455. The molecule has 150 valence electrons. The second-order valence-electron chi connectivity index (χ2n) is 7.71. The maximum Gasteiger partial charge on any atom is 0.317 e. The van der Waals surface area contributed by atoms with Crippen molar-refractivity contribution < 1.29 is 14.7 Å². The number of piperidine rings is 1. The van der Waals surface area contributed by atoms with E-state index in [1.807, 2.05) is 31.0 Å². The maximum atomic E-state index is 12.5. The van der Waals surface area contributed by atoms with Gasteiger partial charge in [-0.2, -0.15) is 0 Å². The number of carbonyl (C=O) groups is 2. The van der Waals surface area contributed by atoms with E-state index in [9.17, 15) is 9.59 Å². The minimum Gasteiger partial charge on any atom is -0.480 e. The van der Waals surface area contributed by atoms with Gasteiger partial charge in [-0.25, -0.2) is 0 Å². The molecule has 0 aromatic heterocycles. The molecule has 0 radical (unpaired) electrons. The van der Waals surface area contributed by atoms with Crippen molar-refractivity contribution in [3.8, 4) is 0 Å². The molecule has 1 aliphatic heterocycles. The van der Waals surface area contributed by atoms with Gasteiger partial charge in [0.25, 0.3) is 0 Å². The van der Waals surface area contributed by atoms with Crippen molar-refractivity contribution in [3.63, 3.8) is 0 Å². The summed E-state index contributed by atoms with van der Waals surface area (Å²) in [7, 11) is 1.85. The van der Waals surface area contributed by atoms with Gasteiger partial charge in [0.1, 0.15) is 0 Å². The quantitative estimate of drug-likeness (QED) is 0.769. The van der Waals surface area contributed by atoms with Crippen LogP contribution >= 0.6 is 0 Å². The van der Waals surface area contributed by atoms with Crippen molar-refractivity contribution >= 4 is 22.6 Å². The summed E-state index contributed by atoms with van der Waals surface area (Å²) in [4.78, 5) is 27.4. The standard InChI is InChI=1S/C22H29N3O3/c1-16(18-8-7-17-5-3-4-6-19(17)13-18)23-21(26)14-25-11-9-20(10-12-25)24(2)15-22(27)28/h3-8,13,16,20H,9-12,14-15H2,1-2H3,(H,23,26)(H,27,28). The summed E-state index contributed by atoms with van der Waals surface area (Å²) >= 11 is 0. The number of hydrogen-bond donors (Lipinski definition) is 2. The molecule has 2 N–H and O–H groups in total. The van der Waals surface area contributed by atoms with E-state index in [0.717, 1.165) is 31.5 Å². The molecule has 1 saturated heterocycles. The molecule has 2 aromatic rings. The van der Waals surface area contributed by atoms with Crippen LogP contribution < -0.4 is 5.32 Å². The Bertz CT molecular complexity index is 831. The summed E-state index contributed by atoms with van der Waals surface area (Å²) in [6.45, 7) is 4.08. The molecule has 6 heteroatoms. The number of benzene rings is 2. The van der Waals surface area contributed by atoms with Gasteiger partial charge in [-0.3, -0.25) is 19.4 Å². The first kappa shape index (κ1) is 20.3. The number of amides is 1. The van der Waals surface area contributed by atoms with Crippen LogP contribution in [-0.2, 0) is 9.59 Å². The number of nitrogens with one attached hydrogen (secondary N) is 1. The number of aliphatic carboxylic acids is 1. The maximum absolute atomic E-state index is 12.5. The Kier molecular flexibility index (Phi) is 6.65. The zero-order valence-corrected chi connectivity index (χ0v) is 16.6. The van der Waals surface area contributed by atoms with E-state index in [1.54, 1.807) is 0 Å². The van der Waals surface area contributed by atoms with E-state index in [2.05, 4.69) is 40.5 Å². The first-order chi connectivity index (χ1) is 13.4. The van der Waals surface area contributed by atoms with E-state index < -0.39 is 5.97 Å². The molecule has 0 saturated carbocycles. The van der Waals surface area contributed by atoms with Crippen molar-refractivity contribution in [2.75, 3.05) is 33.2 Å². The smallest absolute Gasteiger partial charge is 0.317 e. The highest BCUT2D eigenvalue weighted by Crippen LogP contribution is 2.20. The van der Waals surface area contributed by atoms with Crippen molar-refractivity contribution in [1.29, 1.82) is 0 Å². The van der Waals surface area contributed by atoms with E-state index >= 15 is 0 Å². The number of likely N-dealkylation sites (tertiary alicyclic amines) is 1. The fourth-order valence-electron chi connectivity index (χ4n) is 3.91. The van der Waals surface area contributed by atoms with Crippen LogP contribution in [0.1, 0.15) is 31.4 Å². The molecule has 1 amide bonds. The van der Waals surface area contributed by atoms with Gasteiger partial charge < -0.3 is 10.4 Å². The molecule has 1 unspecified atom stereocenters. The molecule has 6 nitrogen and oxygen atoms in total. The van der Waals surface area contributed by atoms with Crippen molar-refractivity contribution in [1.82, 2.24) is 15.1 Å². The van der Waals surface area contributed by atoms with Gasteiger partial charge in [-0.1, -0.05) is 36.4 Å². The fourth-order valence-corrected chi connectivity index (χ4v) is 3.91. The normalized spacial score (nSPS) is 17.0. The molecule has 0 bridgehead atoms. The van der Waals surface area contributed by atoms with Crippen LogP contribution in [0.25, 0.3) is 10.8 Å². The van der Waals surface area contributed by atoms with Gasteiger partial charge in [-0.15, -0.1) is 0 Å². The molecule has 1 atom stereocenters. The average Bonchev–Trinajstić information content (AvgIpc) is 2.67. The molecule has 1 fully saturated rings. The van der Waals surface area contributed by atoms with Gasteiger partial charge in [0.2, 0.25) is 5.91 Å². The third-order valence-electron chi connectivity index (χ3n) is 5.58. The Morgan fingerprint density at radius 2 is 1.86 bits per heavy atom. The second-order valence-corrected chi connectivity index (χ2v) is 7.71. The zero-order chi connectivity index (χ0) is 20.1. The van der Waals surface area contributed by atoms with Crippen LogP contribution in [0.3, 0.4) is 0 Å². The van der Waals surface area contributed by atoms with E-state index in [0.29, 0.717) is 6.54 Å². The molecular weight excluding hydrogens is 354 g/mol. The lowest BCUT2D eigenvalue weighted by molar-refractivity contribution is -0.138. The molecule has 0 spiro atoms. The topological polar surface area (TPSA) is 72.9 Å². The number of rotatable bonds is 7. The summed E-state index contributed by atoms with van der Waals surface area (Å²) in [5.41, 5.74) is 1.10. The van der Waals surface area contributed by atoms with Gasteiger partial charge in [0, 0.05) is 19.1 Å². The van der Waals surface area contributed by atoms with Crippen molar-refractivity contribution in [2.45, 2.75) is 31.8 Å². The van der Waals surface area contributed by atoms with Gasteiger partial charge in [0.15, 0.2) is 0 Å². The van der Waals surface area contributed by atoms with Crippen LogP contribution in [0, 0.1) is 0 Å². The first-order valence-corrected chi connectivity index (χ1v) is 9.85. The molecule has 1 heterocycles. The first-order valence-electron chi connectivity index (χ1n) is 9.85. The third-order valence-corrected chi connectivity index (χ3v) is 5.58. The number of nitrogens with zero attached hydrogens (tertiary/aromatic N) is 2. The Labute approximate surface area is 166 Å². The lowest BCUT2D eigenvalue weighted by Crippen LogP contribution is -2.47. The monoisotopic (exact) mass is 383 g/mol. The second kappa shape index (κ2) is 9.17. The van der Waals surface area contributed by atoms with Crippen molar-refractivity contribution in [2.24, 2.45) is 0 Å². The number of likely N-dealkylation sites (N-methyl/N-ethyl adjacent to an activating group) is 1. The average molecular weight is 383 g/mol. The van der Waals surface area contributed by atoms with Crippen LogP contribution in [0.2, 0.25) is 0 Å². The molecular formula is C22H29N3O3. The lowest BCUT2D eigenvalue weighted by Gasteiger charge is -2.35. The van der Waals surface area contributed by atoms with Crippen LogP contribution in [-0.4, -0.2) is 66.1 Å². The summed E-state index contributed by atoms with van der Waals surface area (Å²) < 4.78 is 0. The van der Waals surface area contributed by atoms with E-state index in [-0.39, 0.29) is 24.5 Å². The lowest BCUT2D eigenvalue weighted by atomic mass is 10.0. The Morgan fingerprint density at radius 1 is 1.18 bits per heavy atom. The minimum atomic E-state index is -0.799. The predicted molar refractivity (Wildman–Crippen MR) is 110 cm³/mol. The molecule has 28 heavy (non-hydrogen) atoms. The molecule has 2 aromatic carbocycles. The van der Waals surface area contributed by atoms with Crippen LogP contribution in [0.5, 0.6) is 0 Å². The van der Waals surface area contributed by atoms with Gasteiger partial charge >= 0.3 is 5.97 Å². The number of hydrogen-bond acceptors (Lipinski definition) is 4. The molecule has 1 aliphatic rings. The molecule has 3 rings (SSSR count). The zero-order valence-electron chi connectivity index (χ0n) is 16.6. The van der Waals surface area contributed by atoms with Gasteiger partial charge in [0.05, 0.1) is 19.1 Å². The third kappa shape index (κ3) is 5.30. The summed E-state index contributed by atoms with van der Waals surface area (Å²) in [5, 5.41) is 14.4. The predicted octanol–water partition coefficient (Wildman–Crippen LogP) is 2.50. The highest BCUT2D eigenvalue weighted by molar-refractivity contribution is 5.83. The van der Waals surface area contributed by atoms with E-state index in [1.165, 1.54) is 10.8 Å². The van der Waals surface area contributed by atoms with Crippen molar-refractivity contribution in [3.05, 3.63) is 48.0 Å². The Balaban J connectivity index is 1.48. The Hall–Kier alpha value is -2.44. The summed E-state index contributed by atoms with van der Waals surface area (Å²) in [6.07, 6.45) is 1.77. The Morgan fingerprint density at radius 3 is 2.54 bits per heavy atom. The van der Waals surface area contributed by atoms with Gasteiger partial charge in [-0.05, 0) is 49.2 Å². The SMILES string of the molecule is CC(NC(=O)CN1CCC(N(C)CC(=O)O)CC1)c1ccc2ccccc2c1. The van der Waals surface area contributed by atoms with E-state index in [4.69, 9.17) is 5.11 Å². The minimum absolute atomic E-state index is 0.0259. The molecule has 0 aliphatic carbocycles.